The minimum absolute atomic E-state index is 0.0315. The first-order chi connectivity index (χ1) is 13.8. The maximum atomic E-state index is 11.6. The monoisotopic (exact) mass is 408 g/mol. The number of hydrogen-bond acceptors (Lipinski definition) is 5. The van der Waals surface area contributed by atoms with Crippen molar-refractivity contribution < 1.29 is 9.53 Å². The highest BCUT2D eigenvalue weighted by Gasteiger charge is 2.19. The second kappa shape index (κ2) is 7.98. The number of pyridine rings is 1. The van der Waals surface area contributed by atoms with E-state index in [1.54, 1.807) is 19.2 Å². The Balaban J connectivity index is 2.13. The predicted octanol–water partition coefficient (Wildman–Crippen LogP) is 4.62. The lowest BCUT2D eigenvalue weighted by Gasteiger charge is -2.20. The number of carbonyl (C=O) groups is 1. The molecule has 0 atom stereocenters. The summed E-state index contributed by atoms with van der Waals surface area (Å²) in [6, 6.07) is 15.3. The van der Waals surface area contributed by atoms with Crippen LogP contribution >= 0.6 is 11.6 Å². The molecule has 0 saturated carbocycles. The molecule has 0 aliphatic carbocycles. The number of halogens is 1. The van der Waals surface area contributed by atoms with Crippen molar-refractivity contribution in [3.8, 4) is 23.1 Å². The number of aromatic nitrogens is 1. The average Bonchev–Trinajstić information content (AvgIpc) is 2.71. The molecule has 29 heavy (non-hydrogen) atoms. The third-order valence-corrected chi connectivity index (χ3v) is 4.89. The van der Waals surface area contributed by atoms with Gasteiger partial charge in [0, 0.05) is 17.5 Å². The Hall–Kier alpha value is -3.30. The van der Waals surface area contributed by atoms with Crippen LogP contribution in [0.5, 0.6) is 5.75 Å². The number of amides is 1. The number of primary amides is 1. The van der Waals surface area contributed by atoms with Gasteiger partial charge in [0.1, 0.15) is 11.4 Å². The van der Waals surface area contributed by atoms with Crippen LogP contribution in [-0.2, 0) is 0 Å². The molecular formula is C22H21ClN4O2. The van der Waals surface area contributed by atoms with Gasteiger partial charge in [-0.2, -0.15) is 5.26 Å². The Labute approximate surface area is 174 Å². The molecule has 1 aromatic heterocycles. The number of fused-ring (bicyclic) bond motifs is 1. The Kier molecular flexibility index (Phi) is 5.62. The van der Waals surface area contributed by atoms with Crippen LogP contribution in [-0.4, -0.2) is 24.5 Å². The molecule has 0 fully saturated rings. The summed E-state index contributed by atoms with van der Waals surface area (Å²) in [5.74, 6) is -0.00863. The summed E-state index contributed by atoms with van der Waals surface area (Å²) in [5, 5.41) is 14.8. The van der Waals surface area contributed by atoms with Gasteiger partial charge >= 0.3 is 0 Å². The van der Waals surface area contributed by atoms with Crippen LogP contribution in [0.1, 0.15) is 24.3 Å². The van der Waals surface area contributed by atoms with E-state index in [-0.39, 0.29) is 10.7 Å². The summed E-state index contributed by atoms with van der Waals surface area (Å²) < 4.78 is 5.52. The van der Waals surface area contributed by atoms with E-state index in [4.69, 9.17) is 22.1 Å². The lowest BCUT2D eigenvalue weighted by atomic mass is 9.95. The number of nitriles is 1. The Morgan fingerprint density at radius 1 is 1.28 bits per heavy atom. The van der Waals surface area contributed by atoms with Gasteiger partial charge in [0.2, 0.25) is 0 Å². The minimum atomic E-state index is -0.680. The van der Waals surface area contributed by atoms with Crippen molar-refractivity contribution in [1.82, 2.24) is 4.98 Å². The van der Waals surface area contributed by atoms with E-state index in [9.17, 15) is 10.1 Å². The molecule has 6 nitrogen and oxygen atoms in total. The van der Waals surface area contributed by atoms with E-state index in [1.165, 1.54) is 0 Å². The maximum absolute atomic E-state index is 11.6. The summed E-state index contributed by atoms with van der Waals surface area (Å²) in [5.41, 5.74) is 7.03. The second-order valence-electron chi connectivity index (χ2n) is 7.32. The predicted molar refractivity (Wildman–Crippen MR) is 115 cm³/mol. The van der Waals surface area contributed by atoms with Gasteiger partial charge in [-0.25, -0.2) is 4.98 Å². The normalized spacial score (nSPS) is 11.1. The van der Waals surface area contributed by atoms with Crippen LogP contribution in [0.4, 0.5) is 5.69 Å². The molecule has 1 amide bonds. The number of nitrogens with one attached hydrogen (secondary N) is 1. The van der Waals surface area contributed by atoms with Gasteiger partial charge in [0.25, 0.3) is 5.91 Å². The fraction of sp³-hybridized carbons (Fsp3) is 0.227. The molecule has 0 aliphatic heterocycles. The number of nitrogens with zero attached hydrogens (tertiary/aromatic N) is 2. The van der Waals surface area contributed by atoms with Gasteiger partial charge in [0.15, 0.2) is 0 Å². The highest BCUT2D eigenvalue weighted by molar-refractivity contribution is 6.33. The molecule has 0 saturated heterocycles. The standard InChI is InChI=1S/C22H21ClN4O2/c1-22(2,11-24)12-26-19-15-10-14(5-4-13(15)6-9-18(19)29-3)17-8-7-16(23)20(27-17)21(25)28/h4-10,26H,12H2,1-3H3,(H2,25,28). The van der Waals surface area contributed by atoms with E-state index in [0.29, 0.717) is 18.0 Å². The zero-order valence-corrected chi connectivity index (χ0v) is 17.2. The van der Waals surface area contributed by atoms with Gasteiger partial charge in [-0.15, -0.1) is 0 Å². The lowest BCUT2D eigenvalue weighted by molar-refractivity contribution is 0.0996. The number of rotatable bonds is 6. The van der Waals surface area contributed by atoms with E-state index in [1.807, 2.05) is 44.2 Å². The Bertz CT molecular complexity index is 1140. The summed E-state index contributed by atoms with van der Waals surface area (Å²) in [6.45, 7) is 4.19. The van der Waals surface area contributed by atoms with Crippen molar-refractivity contribution in [1.29, 1.82) is 5.26 Å². The largest absolute Gasteiger partial charge is 0.495 e. The highest BCUT2D eigenvalue weighted by atomic mass is 35.5. The topological polar surface area (TPSA) is 101 Å². The van der Waals surface area contributed by atoms with Gasteiger partial charge in [0.05, 0.1) is 35.0 Å². The van der Waals surface area contributed by atoms with Gasteiger partial charge in [-0.3, -0.25) is 4.79 Å². The molecule has 0 bridgehead atoms. The third-order valence-electron chi connectivity index (χ3n) is 4.59. The van der Waals surface area contributed by atoms with Crippen molar-refractivity contribution in [2.24, 2.45) is 11.1 Å². The average molecular weight is 409 g/mol. The van der Waals surface area contributed by atoms with Crippen LogP contribution in [0.2, 0.25) is 5.02 Å². The molecule has 3 N–H and O–H groups in total. The summed E-state index contributed by atoms with van der Waals surface area (Å²) >= 11 is 6.02. The van der Waals surface area contributed by atoms with Crippen LogP contribution in [0.25, 0.3) is 22.0 Å². The molecule has 148 valence electrons. The maximum Gasteiger partial charge on any atom is 0.268 e. The van der Waals surface area contributed by atoms with E-state index in [0.717, 1.165) is 22.0 Å². The molecule has 3 rings (SSSR count). The molecule has 0 radical (unpaired) electrons. The van der Waals surface area contributed by atoms with E-state index < -0.39 is 11.3 Å². The SMILES string of the molecule is COc1ccc2ccc(-c3ccc(Cl)c(C(N)=O)n3)cc2c1NCC(C)(C)C#N. The zero-order chi connectivity index (χ0) is 21.2. The fourth-order valence-electron chi connectivity index (χ4n) is 2.94. The highest BCUT2D eigenvalue weighted by Crippen LogP contribution is 2.36. The zero-order valence-electron chi connectivity index (χ0n) is 16.4. The lowest BCUT2D eigenvalue weighted by Crippen LogP contribution is -2.21. The van der Waals surface area contributed by atoms with Gasteiger partial charge in [-0.05, 0) is 43.5 Å². The smallest absolute Gasteiger partial charge is 0.268 e. The molecule has 7 heteroatoms. The van der Waals surface area contributed by atoms with Crippen molar-refractivity contribution in [2.45, 2.75) is 13.8 Å². The number of ether oxygens (including phenoxy) is 1. The Morgan fingerprint density at radius 2 is 2.00 bits per heavy atom. The van der Waals surface area contributed by atoms with Gasteiger partial charge in [-0.1, -0.05) is 29.8 Å². The number of hydrogen-bond donors (Lipinski definition) is 2. The van der Waals surface area contributed by atoms with Crippen LogP contribution in [0.15, 0.2) is 42.5 Å². The number of benzene rings is 2. The molecule has 0 unspecified atom stereocenters. The molecule has 2 aromatic carbocycles. The van der Waals surface area contributed by atoms with Crippen LogP contribution < -0.4 is 15.8 Å². The van der Waals surface area contributed by atoms with Crippen LogP contribution in [0.3, 0.4) is 0 Å². The van der Waals surface area contributed by atoms with E-state index in [2.05, 4.69) is 16.4 Å². The third kappa shape index (κ3) is 4.25. The summed E-state index contributed by atoms with van der Waals surface area (Å²) in [6.07, 6.45) is 0. The number of nitrogens with two attached hydrogens (primary N) is 1. The van der Waals surface area contributed by atoms with E-state index >= 15 is 0 Å². The number of methoxy groups -OCH3 is 1. The minimum Gasteiger partial charge on any atom is -0.495 e. The molecule has 0 spiro atoms. The second-order valence-corrected chi connectivity index (χ2v) is 7.73. The first-order valence-electron chi connectivity index (χ1n) is 8.98. The van der Waals surface area contributed by atoms with Crippen molar-refractivity contribution in [2.75, 3.05) is 19.0 Å². The Morgan fingerprint density at radius 3 is 2.66 bits per heavy atom. The quantitative estimate of drug-likeness (QED) is 0.619. The van der Waals surface area contributed by atoms with Gasteiger partial charge < -0.3 is 15.8 Å². The summed E-state index contributed by atoms with van der Waals surface area (Å²) in [4.78, 5) is 15.9. The molecule has 0 aliphatic rings. The first-order valence-corrected chi connectivity index (χ1v) is 9.36. The number of anilines is 1. The first kappa shape index (κ1) is 20.4. The fourth-order valence-corrected chi connectivity index (χ4v) is 3.13. The molecular weight excluding hydrogens is 388 g/mol. The van der Waals surface area contributed by atoms with Crippen molar-refractivity contribution in [3.05, 3.63) is 53.2 Å². The van der Waals surface area contributed by atoms with Crippen molar-refractivity contribution >= 4 is 34.0 Å². The molecule has 3 aromatic rings. The van der Waals surface area contributed by atoms with Crippen molar-refractivity contribution in [3.63, 3.8) is 0 Å². The summed E-state index contributed by atoms with van der Waals surface area (Å²) in [7, 11) is 1.60. The molecule has 1 heterocycles. The van der Waals surface area contributed by atoms with Crippen LogP contribution in [0, 0.1) is 16.7 Å². The number of carbonyl (C=O) groups excluding carboxylic acids is 1.